The quantitative estimate of drug-likeness (QED) is 0.895. The summed E-state index contributed by atoms with van der Waals surface area (Å²) in [5.74, 6) is 1.59. The van der Waals surface area contributed by atoms with Crippen LogP contribution in [0, 0.1) is 0 Å². The van der Waals surface area contributed by atoms with E-state index >= 15 is 0 Å². The Morgan fingerprint density at radius 1 is 1.33 bits per heavy atom. The van der Waals surface area contributed by atoms with Gasteiger partial charge in [-0.1, -0.05) is 24.6 Å². The Morgan fingerprint density at radius 3 is 2.83 bits per heavy atom. The van der Waals surface area contributed by atoms with Crippen LogP contribution in [0.4, 0.5) is 0 Å². The van der Waals surface area contributed by atoms with Crippen molar-refractivity contribution in [1.29, 1.82) is 0 Å². The molecule has 0 spiro atoms. The molecule has 2 rings (SSSR count). The van der Waals surface area contributed by atoms with Gasteiger partial charge in [0.2, 0.25) is 0 Å². The summed E-state index contributed by atoms with van der Waals surface area (Å²) in [6.07, 6.45) is 1.69. The number of halogens is 1. The van der Waals surface area contributed by atoms with Gasteiger partial charge < -0.3 is 14.5 Å². The molecule has 0 aliphatic heterocycles. The maximum Gasteiger partial charge on any atom is 0.137 e. The predicted octanol–water partition coefficient (Wildman–Crippen LogP) is 3.72. The second-order valence-electron chi connectivity index (χ2n) is 3.89. The lowest BCUT2D eigenvalue weighted by molar-refractivity contribution is 0.415. The van der Waals surface area contributed by atoms with Gasteiger partial charge in [-0.3, -0.25) is 0 Å². The fourth-order valence-corrected chi connectivity index (χ4v) is 2.06. The summed E-state index contributed by atoms with van der Waals surface area (Å²) in [7, 11) is 1.61. The zero-order valence-corrected chi connectivity index (χ0v) is 11.3. The first kappa shape index (κ1) is 13.0. The first-order valence-corrected chi connectivity index (χ1v) is 6.25. The average molecular weight is 266 g/mol. The Kier molecular flexibility index (Phi) is 4.28. The van der Waals surface area contributed by atoms with E-state index in [1.165, 1.54) is 0 Å². The van der Waals surface area contributed by atoms with Crippen LogP contribution in [-0.2, 0) is 6.54 Å². The Morgan fingerprint density at radius 2 is 2.17 bits per heavy atom. The summed E-state index contributed by atoms with van der Waals surface area (Å²) in [6.45, 7) is 3.68. The van der Waals surface area contributed by atoms with Crippen LogP contribution in [-0.4, -0.2) is 13.7 Å². The molecule has 0 fully saturated rings. The van der Waals surface area contributed by atoms with Gasteiger partial charge in [0.05, 0.1) is 24.9 Å². The van der Waals surface area contributed by atoms with E-state index in [4.69, 9.17) is 20.8 Å². The van der Waals surface area contributed by atoms with E-state index in [0.29, 0.717) is 17.3 Å². The lowest BCUT2D eigenvalue weighted by Crippen LogP contribution is -2.11. The van der Waals surface area contributed by atoms with Gasteiger partial charge in [-0.05, 0) is 30.3 Å². The van der Waals surface area contributed by atoms with Crippen LogP contribution in [0.25, 0.3) is 11.1 Å². The van der Waals surface area contributed by atoms with Gasteiger partial charge in [0.25, 0.3) is 0 Å². The number of nitrogens with one attached hydrogen (secondary N) is 1. The van der Waals surface area contributed by atoms with Crippen LogP contribution in [0.2, 0.25) is 5.02 Å². The van der Waals surface area contributed by atoms with E-state index in [9.17, 15) is 0 Å². The smallest absolute Gasteiger partial charge is 0.137 e. The molecule has 1 aromatic heterocycles. The third-order valence-corrected chi connectivity index (χ3v) is 3.04. The normalized spacial score (nSPS) is 10.6. The second-order valence-corrected chi connectivity index (χ2v) is 4.29. The summed E-state index contributed by atoms with van der Waals surface area (Å²) >= 11 is 6.13. The molecule has 96 valence electrons. The number of furan rings is 1. The molecule has 0 atom stereocenters. The van der Waals surface area contributed by atoms with Crippen LogP contribution in [0.15, 0.2) is 34.9 Å². The highest BCUT2D eigenvalue weighted by atomic mass is 35.5. The van der Waals surface area contributed by atoms with Gasteiger partial charge in [-0.25, -0.2) is 0 Å². The molecule has 0 saturated heterocycles. The summed E-state index contributed by atoms with van der Waals surface area (Å²) in [5.41, 5.74) is 2.09. The van der Waals surface area contributed by atoms with Crippen molar-refractivity contribution in [2.75, 3.05) is 13.7 Å². The van der Waals surface area contributed by atoms with Crippen LogP contribution in [0.3, 0.4) is 0 Å². The average Bonchev–Trinajstić information content (AvgIpc) is 2.84. The Bertz CT molecular complexity index is 522. The number of ether oxygens (including phenoxy) is 1. The first-order chi connectivity index (χ1) is 8.76. The number of rotatable bonds is 5. The minimum atomic E-state index is 0.602. The summed E-state index contributed by atoms with van der Waals surface area (Å²) in [4.78, 5) is 0. The minimum Gasteiger partial charge on any atom is -0.495 e. The van der Waals surface area contributed by atoms with E-state index in [1.807, 2.05) is 24.3 Å². The molecule has 0 radical (unpaired) electrons. The molecule has 0 amide bonds. The Hall–Kier alpha value is -1.45. The number of methoxy groups -OCH3 is 1. The second kappa shape index (κ2) is 5.94. The Labute approximate surface area is 112 Å². The maximum atomic E-state index is 6.13. The monoisotopic (exact) mass is 265 g/mol. The highest BCUT2D eigenvalue weighted by Crippen LogP contribution is 2.32. The van der Waals surface area contributed by atoms with E-state index < -0.39 is 0 Å². The first-order valence-electron chi connectivity index (χ1n) is 5.87. The summed E-state index contributed by atoms with van der Waals surface area (Å²) in [5, 5.41) is 3.85. The SMILES string of the molecule is CCNCc1occc1-c1ccc(OC)c(Cl)c1. The van der Waals surface area contributed by atoms with E-state index in [0.717, 1.165) is 23.4 Å². The van der Waals surface area contributed by atoms with Gasteiger partial charge in [0, 0.05) is 5.56 Å². The molecule has 0 saturated carbocycles. The zero-order valence-electron chi connectivity index (χ0n) is 10.5. The lowest BCUT2D eigenvalue weighted by Gasteiger charge is -2.07. The molecule has 18 heavy (non-hydrogen) atoms. The molecular weight excluding hydrogens is 250 g/mol. The van der Waals surface area contributed by atoms with Crippen LogP contribution in [0.5, 0.6) is 5.75 Å². The molecule has 1 N–H and O–H groups in total. The molecule has 1 aromatic carbocycles. The largest absolute Gasteiger partial charge is 0.495 e. The van der Waals surface area contributed by atoms with Crippen molar-refractivity contribution in [3.63, 3.8) is 0 Å². The standard InChI is InChI=1S/C14H16ClNO2/c1-3-16-9-14-11(6-7-18-14)10-4-5-13(17-2)12(15)8-10/h4-8,16H,3,9H2,1-2H3. The van der Waals surface area contributed by atoms with Crippen molar-refractivity contribution >= 4 is 11.6 Å². The highest BCUT2D eigenvalue weighted by molar-refractivity contribution is 6.32. The molecule has 0 aliphatic carbocycles. The number of hydrogen-bond donors (Lipinski definition) is 1. The van der Waals surface area contributed by atoms with Crippen LogP contribution >= 0.6 is 11.6 Å². The fraction of sp³-hybridized carbons (Fsp3) is 0.286. The fourth-order valence-electron chi connectivity index (χ4n) is 1.81. The molecule has 4 heteroatoms. The van der Waals surface area contributed by atoms with Gasteiger partial charge >= 0.3 is 0 Å². The van der Waals surface area contributed by atoms with Gasteiger partial charge in [0.1, 0.15) is 11.5 Å². The van der Waals surface area contributed by atoms with Gasteiger partial charge in [-0.15, -0.1) is 0 Å². The number of hydrogen-bond acceptors (Lipinski definition) is 3. The summed E-state index contributed by atoms with van der Waals surface area (Å²) < 4.78 is 10.6. The molecule has 2 aromatic rings. The third-order valence-electron chi connectivity index (χ3n) is 2.74. The van der Waals surface area contributed by atoms with Crippen molar-refractivity contribution in [3.8, 4) is 16.9 Å². The van der Waals surface area contributed by atoms with Crippen LogP contribution in [0.1, 0.15) is 12.7 Å². The highest BCUT2D eigenvalue weighted by Gasteiger charge is 2.10. The molecule has 3 nitrogen and oxygen atoms in total. The lowest BCUT2D eigenvalue weighted by atomic mass is 10.1. The minimum absolute atomic E-state index is 0.602. The molecule has 1 heterocycles. The number of benzene rings is 1. The topological polar surface area (TPSA) is 34.4 Å². The van der Waals surface area contributed by atoms with Gasteiger partial charge in [0.15, 0.2) is 0 Å². The zero-order chi connectivity index (χ0) is 13.0. The van der Waals surface area contributed by atoms with E-state index in [2.05, 4.69) is 12.2 Å². The maximum absolute atomic E-state index is 6.13. The molecule has 0 unspecified atom stereocenters. The van der Waals surface area contributed by atoms with E-state index in [-0.39, 0.29) is 0 Å². The van der Waals surface area contributed by atoms with E-state index in [1.54, 1.807) is 13.4 Å². The van der Waals surface area contributed by atoms with Crippen molar-refractivity contribution in [2.24, 2.45) is 0 Å². The predicted molar refractivity (Wildman–Crippen MR) is 73.1 cm³/mol. The van der Waals surface area contributed by atoms with Crippen molar-refractivity contribution in [1.82, 2.24) is 5.32 Å². The van der Waals surface area contributed by atoms with Crippen molar-refractivity contribution in [3.05, 3.63) is 41.3 Å². The molecule has 0 aliphatic rings. The molecular formula is C14H16ClNO2. The summed E-state index contributed by atoms with van der Waals surface area (Å²) in [6, 6.07) is 7.68. The van der Waals surface area contributed by atoms with Gasteiger partial charge in [-0.2, -0.15) is 0 Å². The van der Waals surface area contributed by atoms with Crippen molar-refractivity contribution in [2.45, 2.75) is 13.5 Å². The molecule has 0 bridgehead atoms. The Balaban J connectivity index is 2.31. The van der Waals surface area contributed by atoms with Crippen molar-refractivity contribution < 1.29 is 9.15 Å². The third kappa shape index (κ3) is 2.68. The van der Waals surface area contributed by atoms with Crippen LogP contribution < -0.4 is 10.1 Å².